The molecule has 1 aromatic rings. The number of carbonyl (C=O) groups excluding carboxylic acids is 1. The van der Waals surface area contributed by atoms with Crippen LogP contribution in [0.4, 0.5) is 5.69 Å². The lowest BCUT2D eigenvalue weighted by atomic mass is 9.33. The Morgan fingerprint density at radius 3 is 2.24 bits per heavy atom. The fourth-order valence-corrected chi connectivity index (χ4v) is 12.0. The number of benzene rings is 1. The Labute approximate surface area is 253 Å². The van der Waals surface area contributed by atoms with Crippen molar-refractivity contribution in [2.75, 3.05) is 0 Å². The molecule has 0 saturated heterocycles. The second kappa shape index (κ2) is 9.66. The molecule has 0 heterocycles. The highest BCUT2D eigenvalue weighted by molar-refractivity contribution is 5.89. The summed E-state index contributed by atoms with van der Waals surface area (Å²) in [6, 6.07) is 5.80. The summed E-state index contributed by atoms with van der Waals surface area (Å²) in [7, 11) is 0. The fourth-order valence-electron chi connectivity index (χ4n) is 12.0. The summed E-state index contributed by atoms with van der Waals surface area (Å²) in [5.74, 6) is 3.01. The predicted octanol–water partition coefficient (Wildman–Crippen LogP) is 9.80. The molecular formula is C37H53NO4. The number of nitro benzene ring substituents is 1. The maximum Gasteiger partial charge on any atom is 0.338 e. The number of rotatable bonds is 3. The van der Waals surface area contributed by atoms with E-state index in [1.165, 1.54) is 69.2 Å². The topological polar surface area (TPSA) is 69.4 Å². The minimum absolute atomic E-state index is 0.0148. The first kappa shape index (κ1) is 29.9. The number of nitro groups is 1. The van der Waals surface area contributed by atoms with E-state index in [4.69, 9.17) is 4.74 Å². The number of allylic oxidation sites excluding steroid dienone is 2. The number of nitrogens with zero attached hydrogens (tertiary/aromatic N) is 1. The first-order valence-corrected chi connectivity index (χ1v) is 16.7. The summed E-state index contributed by atoms with van der Waals surface area (Å²) in [6.07, 6.45) is 13.6. The van der Waals surface area contributed by atoms with E-state index in [9.17, 15) is 14.9 Å². The fraction of sp³-hybridized carbons (Fsp3) is 0.757. The van der Waals surface area contributed by atoms with Gasteiger partial charge in [0.2, 0.25) is 0 Å². The van der Waals surface area contributed by atoms with Crippen molar-refractivity contribution in [1.29, 1.82) is 0 Å². The summed E-state index contributed by atoms with van der Waals surface area (Å²) < 4.78 is 6.23. The maximum absolute atomic E-state index is 13.2. The molecule has 42 heavy (non-hydrogen) atoms. The Morgan fingerprint density at radius 1 is 0.881 bits per heavy atom. The van der Waals surface area contributed by atoms with Crippen molar-refractivity contribution in [2.24, 2.45) is 56.7 Å². The number of esters is 1. The molecule has 0 unspecified atom stereocenters. The van der Waals surface area contributed by atoms with E-state index in [0.29, 0.717) is 28.7 Å². The lowest BCUT2D eigenvalue weighted by Gasteiger charge is -2.71. The van der Waals surface area contributed by atoms with E-state index >= 15 is 0 Å². The van der Waals surface area contributed by atoms with Crippen molar-refractivity contribution in [3.63, 3.8) is 0 Å². The second-order valence-electron chi connectivity index (χ2n) is 16.9. The Kier molecular flexibility index (Phi) is 6.88. The smallest absolute Gasteiger partial charge is 0.338 e. The van der Waals surface area contributed by atoms with E-state index in [0.717, 1.165) is 24.7 Å². The van der Waals surface area contributed by atoms with Crippen molar-refractivity contribution >= 4 is 11.7 Å². The van der Waals surface area contributed by atoms with Gasteiger partial charge in [-0.25, -0.2) is 4.79 Å². The molecule has 4 fully saturated rings. The summed E-state index contributed by atoms with van der Waals surface area (Å²) in [5, 5.41) is 11.1. The van der Waals surface area contributed by atoms with Crippen LogP contribution in [-0.4, -0.2) is 17.0 Å². The minimum Gasteiger partial charge on any atom is -0.458 e. The minimum atomic E-state index is -0.441. The zero-order valence-electron chi connectivity index (χ0n) is 27.3. The average Bonchev–Trinajstić information content (AvgIpc) is 2.93. The number of hydrogen-bond acceptors (Lipinski definition) is 4. The number of ether oxygens (including phenoxy) is 1. The molecule has 6 rings (SSSR count). The summed E-state index contributed by atoms with van der Waals surface area (Å²) >= 11 is 0. The van der Waals surface area contributed by atoms with Gasteiger partial charge in [-0.05, 0) is 121 Å². The van der Waals surface area contributed by atoms with E-state index in [2.05, 4.69) is 61.5 Å². The number of fused-ring (bicyclic) bond motifs is 7. The van der Waals surface area contributed by atoms with Gasteiger partial charge in [0, 0.05) is 17.5 Å². The van der Waals surface area contributed by atoms with Gasteiger partial charge in [0.1, 0.15) is 6.10 Å². The van der Waals surface area contributed by atoms with E-state index in [-0.39, 0.29) is 39.4 Å². The highest BCUT2D eigenvalue weighted by Crippen LogP contribution is 2.75. The lowest BCUT2D eigenvalue weighted by Crippen LogP contribution is -2.65. The third kappa shape index (κ3) is 4.03. The number of non-ortho nitro benzene ring substituents is 1. The van der Waals surface area contributed by atoms with Crippen LogP contribution in [0.1, 0.15) is 124 Å². The van der Waals surface area contributed by atoms with Gasteiger partial charge in [-0.1, -0.05) is 67.0 Å². The molecule has 0 aromatic heterocycles. The molecule has 0 amide bonds. The first-order valence-electron chi connectivity index (χ1n) is 16.7. The molecule has 5 aliphatic rings. The van der Waals surface area contributed by atoms with Crippen molar-refractivity contribution in [2.45, 2.75) is 119 Å². The zero-order valence-corrected chi connectivity index (χ0v) is 27.3. The van der Waals surface area contributed by atoms with Gasteiger partial charge in [-0.15, -0.1) is 0 Å². The van der Waals surface area contributed by atoms with Crippen LogP contribution < -0.4 is 0 Å². The van der Waals surface area contributed by atoms with Crippen molar-refractivity contribution < 1.29 is 14.5 Å². The van der Waals surface area contributed by atoms with Crippen LogP contribution >= 0.6 is 0 Å². The Balaban J connectivity index is 1.27. The molecule has 4 saturated carbocycles. The van der Waals surface area contributed by atoms with Crippen molar-refractivity contribution in [3.05, 3.63) is 51.6 Å². The average molecular weight is 576 g/mol. The van der Waals surface area contributed by atoms with Crippen LogP contribution in [0.3, 0.4) is 0 Å². The van der Waals surface area contributed by atoms with Crippen molar-refractivity contribution in [3.8, 4) is 0 Å². The largest absolute Gasteiger partial charge is 0.458 e. The standard InChI is InChI=1S/C37H53NO4/c1-23-15-18-34(5)21-22-36(7)27(31(34)24(23)2)13-14-29-35(6)19-17-30(33(3,4)28(35)16-20-37(29,36)8)42-32(39)25-9-11-26(12-10-25)38(40)41/h9-13,23-24,28-31H,14-22H2,1-8H3/t23-,24+,28+,29-,30+,31+,34-,35+,36-,37-/m1/s1. The monoisotopic (exact) mass is 575 g/mol. The molecule has 5 nitrogen and oxygen atoms in total. The molecule has 10 atom stereocenters. The van der Waals surface area contributed by atoms with Gasteiger partial charge in [-0.3, -0.25) is 10.1 Å². The molecule has 5 heteroatoms. The quantitative estimate of drug-likeness (QED) is 0.156. The Bertz CT molecular complexity index is 1300. The molecule has 5 aliphatic carbocycles. The first-order chi connectivity index (χ1) is 19.6. The van der Waals surface area contributed by atoms with Gasteiger partial charge in [0.15, 0.2) is 0 Å². The third-order valence-corrected chi connectivity index (χ3v) is 14.9. The molecule has 1 aromatic carbocycles. The third-order valence-electron chi connectivity index (χ3n) is 14.9. The molecular weight excluding hydrogens is 522 g/mol. The Hall–Kier alpha value is -2.17. The summed E-state index contributed by atoms with van der Waals surface area (Å²) in [6.45, 7) is 20.2. The number of hydrogen-bond donors (Lipinski definition) is 0. The van der Waals surface area contributed by atoms with Crippen molar-refractivity contribution in [1.82, 2.24) is 0 Å². The van der Waals surface area contributed by atoms with Gasteiger partial charge < -0.3 is 4.74 Å². The Morgan fingerprint density at radius 2 is 1.57 bits per heavy atom. The van der Waals surface area contributed by atoms with E-state index in [1.54, 1.807) is 0 Å². The van der Waals surface area contributed by atoms with Gasteiger partial charge in [-0.2, -0.15) is 0 Å². The number of carbonyl (C=O) groups is 1. The van der Waals surface area contributed by atoms with E-state index < -0.39 is 4.92 Å². The molecule has 0 aliphatic heterocycles. The molecule has 0 spiro atoms. The van der Waals surface area contributed by atoms with E-state index in [1.807, 2.05) is 5.57 Å². The van der Waals surface area contributed by atoms with Crippen LogP contribution in [0.5, 0.6) is 0 Å². The lowest BCUT2D eigenvalue weighted by molar-refractivity contribution is -0.384. The normalized spacial score (nSPS) is 45.8. The van der Waals surface area contributed by atoms with Crippen LogP contribution in [0, 0.1) is 66.8 Å². The van der Waals surface area contributed by atoms with Crippen LogP contribution in [0.15, 0.2) is 35.9 Å². The molecule has 0 radical (unpaired) electrons. The van der Waals surface area contributed by atoms with Crippen LogP contribution in [-0.2, 0) is 4.74 Å². The molecule has 230 valence electrons. The molecule has 0 N–H and O–H groups in total. The second-order valence-corrected chi connectivity index (χ2v) is 16.9. The maximum atomic E-state index is 13.2. The van der Waals surface area contributed by atoms with Gasteiger partial charge in [0.25, 0.3) is 5.69 Å². The zero-order chi connectivity index (χ0) is 30.5. The summed E-state index contributed by atoms with van der Waals surface area (Å²) in [5.41, 5.74) is 3.23. The van der Waals surface area contributed by atoms with Gasteiger partial charge >= 0.3 is 5.97 Å². The predicted molar refractivity (Wildman–Crippen MR) is 167 cm³/mol. The van der Waals surface area contributed by atoms with Crippen LogP contribution in [0.25, 0.3) is 0 Å². The summed E-state index contributed by atoms with van der Waals surface area (Å²) in [4.78, 5) is 23.8. The highest BCUT2D eigenvalue weighted by atomic mass is 16.6. The molecule has 0 bridgehead atoms. The SMILES string of the molecule is C[C@H]1[C@H](C)CC[C@]2(C)CC[C@]3(C)C(=CC[C@@H]4[C@@]5(C)CC[C@H](OC(=O)c6ccc([N+](=O)[O-])cc6)C(C)(C)[C@@H]5CC[C@]43C)[C@H]12. The highest BCUT2D eigenvalue weighted by Gasteiger charge is 2.68. The van der Waals surface area contributed by atoms with Crippen LogP contribution in [0.2, 0.25) is 0 Å². The van der Waals surface area contributed by atoms with Gasteiger partial charge in [0.05, 0.1) is 10.5 Å².